The second-order valence-corrected chi connectivity index (χ2v) is 9.01. The molecule has 2 aliphatic rings. The molecule has 4 aromatic rings. The summed E-state index contributed by atoms with van der Waals surface area (Å²) in [7, 11) is 1.97. The number of halogens is 1. The number of fused-ring (bicyclic) bond motifs is 3. The number of H-pyrrole nitrogens is 2. The van der Waals surface area contributed by atoms with Crippen molar-refractivity contribution in [2.24, 2.45) is 0 Å². The van der Waals surface area contributed by atoms with Crippen LogP contribution in [0.1, 0.15) is 25.7 Å². The van der Waals surface area contributed by atoms with Crippen LogP contribution in [-0.2, 0) is 0 Å². The fourth-order valence-electron chi connectivity index (χ4n) is 5.58. The highest BCUT2D eigenvalue weighted by molar-refractivity contribution is 6.02. The number of hydrogen-bond donors (Lipinski definition) is 3. The molecule has 10 nitrogen and oxygen atoms in total. The molecule has 0 saturated carbocycles. The molecule has 2 fully saturated rings. The zero-order valence-corrected chi connectivity index (χ0v) is 18.4. The Bertz CT molecular complexity index is 1340. The minimum Gasteiger partial charge on any atom is -0.465 e. The minimum absolute atomic E-state index is 0.0568. The van der Waals surface area contributed by atoms with Crippen LogP contribution in [0.15, 0.2) is 36.8 Å². The van der Waals surface area contributed by atoms with Crippen molar-refractivity contribution in [2.45, 2.75) is 43.8 Å². The number of carbonyl (C=O) groups is 1. The first-order valence-corrected chi connectivity index (χ1v) is 11.2. The summed E-state index contributed by atoms with van der Waals surface area (Å²) in [5.41, 5.74) is 2.84. The topological polar surface area (TPSA) is 127 Å². The number of hydrogen-bond acceptors (Lipinski definition) is 6. The van der Waals surface area contributed by atoms with Gasteiger partial charge in [-0.25, -0.2) is 9.18 Å². The lowest BCUT2D eigenvalue weighted by molar-refractivity contribution is 0.0965. The number of nitrogens with zero attached hydrogens (tertiary/aromatic N) is 6. The zero-order valence-electron chi connectivity index (χ0n) is 18.4. The van der Waals surface area contributed by atoms with E-state index in [4.69, 9.17) is 0 Å². The number of aromatic amines is 2. The molecule has 34 heavy (non-hydrogen) atoms. The average molecular weight is 462 g/mol. The maximum Gasteiger partial charge on any atom is 0.407 e. The second kappa shape index (κ2) is 7.79. The van der Waals surface area contributed by atoms with Gasteiger partial charge in [0.05, 0.1) is 23.6 Å². The zero-order chi connectivity index (χ0) is 23.4. The van der Waals surface area contributed by atoms with Crippen LogP contribution in [0.3, 0.4) is 0 Å². The highest BCUT2D eigenvalue weighted by Gasteiger charge is 2.44. The summed E-state index contributed by atoms with van der Waals surface area (Å²) in [6, 6.07) is 5.45. The highest BCUT2D eigenvalue weighted by Crippen LogP contribution is 2.39. The normalized spacial score (nSPS) is 21.8. The maximum atomic E-state index is 15.1. The summed E-state index contributed by atoms with van der Waals surface area (Å²) >= 11 is 0. The molecular weight excluding hydrogens is 439 g/mol. The Morgan fingerprint density at radius 3 is 2.62 bits per heavy atom. The van der Waals surface area contributed by atoms with Crippen LogP contribution >= 0.6 is 0 Å². The number of benzene rings is 1. The van der Waals surface area contributed by atoms with E-state index in [1.807, 2.05) is 19.2 Å². The SMILES string of the molecule is CN(c1ccc(-c2cc(F)c(-c3cn[nH]c3)c3cn[nH]c23)nn1)[C@@H]1C[C@H]2CC[C@@H](C1)N2C(=O)O. The van der Waals surface area contributed by atoms with Crippen molar-refractivity contribution in [3.8, 4) is 22.4 Å². The van der Waals surface area contributed by atoms with Crippen LogP contribution in [0.4, 0.5) is 15.0 Å². The van der Waals surface area contributed by atoms with Gasteiger partial charge in [0.2, 0.25) is 0 Å². The van der Waals surface area contributed by atoms with Gasteiger partial charge in [0.15, 0.2) is 5.82 Å². The lowest BCUT2D eigenvalue weighted by Crippen LogP contribution is -2.51. The van der Waals surface area contributed by atoms with Gasteiger partial charge in [0, 0.05) is 53.4 Å². The smallest absolute Gasteiger partial charge is 0.407 e. The lowest BCUT2D eigenvalue weighted by Gasteiger charge is -2.41. The molecule has 0 unspecified atom stereocenters. The molecule has 1 amide bonds. The molecule has 2 saturated heterocycles. The Morgan fingerprint density at radius 2 is 1.97 bits per heavy atom. The van der Waals surface area contributed by atoms with E-state index in [2.05, 4.69) is 35.5 Å². The molecule has 5 heterocycles. The van der Waals surface area contributed by atoms with Gasteiger partial charge in [-0.05, 0) is 43.9 Å². The Morgan fingerprint density at radius 1 is 1.18 bits per heavy atom. The van der Waals surface area contributed by atoms with Crippen LogP contribution in [-0.4, -0.2) is 71.9 Å². The van der Waals surface area contributed by atoms with Crippen LogP contribution in [0.2, 0.25) is 0 Å². The van der Waals surface area contributed by atoms with Gasteiger partial charge in [-0.2, -0.15) is 10.2 Å². The molecule has 3 aromatic heterocycles. The van der Waals surface area contributed by atoms with Gasteiger partial charge in [-0.3, -0.25) is 10.2 Å². The van der Waals surface area contributed by atoms with E-state index >= 15 is 4.39 Å². The average Bonchev–Trinajstić information content (AvgIpc) is 3.58. The summed E-state index contributed by atoms with van der Waals surface area (Å²) in [6.07, 6.45) is 7.35. The van der Waals surface area contributed by atoms with Gasteiger partial charge in [0.1, 0.15) is 5.82 Å². The van der Waals surface area contributed by atoms with Crippen LogP contribution in [0, 0.1) is 5.82 Å². The van der Waals surface area contributed by atoms with Gasteiger partial charge >= 0.3 is 6.09 Å². The van der Waals surface area contributed by atoms with Crippen molar-refractivity contribution in [1.82, 2.24) is 35.5 Å². The highest BCUT2D eigenvalue weighted by atomic mass is 19.1. The molecule has 0 spiro atoms. The molecule has 11 heteroatoms. The minimum atomic E-state index is -0.825. The van der Waals surface area contributed by atoms with Crippen molar-refractivity contribution in [1.29, 1.82) is 0 Å². The molecule has 0 aliphatic carbocycles. The summed E-state index contributed by atoms with van der Waals surface area (Å²) in [5, 5.41) is 32.7. The second-order valence-electron chi connectivity index (χ2n) is 9.01. The summed E-state index contributed by atoms with van der Waals surface area (Å²) in [6.45, 7) is 0. The number of rotatable bonds is 4. The van der Waals surface area contributed by atoms with Crippen LogP contribution in [0.25, 0.3) is 33.3 Å². The molecule has 0 radical (unpaired) electrons. The third-order valence-corrected chi connectivity index (χ3v) is 7.24. The van der Waals surface area contributed by atoms with E-state index in [1.54, 1.807) is 23.5 Å². The standard InChI is InChI=1S/C23H23FN8O2/c1-31(15-6-13-2-3-14(7-15)32(13)23(33)34)20-5-4-19(28-29-20)16-8-18(24)21(12-9-25-26-10-12)17-11-27-30-22(16)17/h4-5,8-11,13-15H,2-3,6-7H2,1H3,(H,25,26)(H,27,30)(H,33,34)/t13-,14+,15-. The summed E-state index contributed by atoms with van der Waals surface area (Å²) in [4.78, 5) is 15.3. The predicted molar refractivity (Wildman–Crippen MR) is 123 cm³/mol. The van der Waals surface area contributed by atoms with Crippen molar-refractivity contribution < 1.29 is 14.3 Å². The Labute approximate surface area is 193 Å². The number of amides is 1. The molecule has 174 valence electrons. The summed E-state index contributed by atoms with van der Waals surface area (Å²) in [5.74, 6) is 0.308. The van der Waals surface area contributed by atoms with Gasteiger partial charge in [-0.15, -0.1) is 10.2 Å². The maximum absolute atomic E-state index is 15.1. The largest absolute Gasteiger partial charge is 0.465 e. The fraction of sp³-hybridized carbons (Fsp3) is 0.348. The Kier molecular flexibility index (Phi) is 4.71. The number of piperidine rings is 1. The number of nitrogens with one attached hydrogen (secondary N) is 2. The van der Waals surface area contributed by atoms with E-state index in [1.165, 1.54) is 6.07 Å². The molecular formula is C23H23FN8O2. The molecule has 1 aromatic carbocycles. The molecule has 3 N–H and O–H groups in total. The van der Waals surface area contributed by atoms with Crippen molar-refractivity contribution in [3.63, 3.8) is 0 Å². The third-order valence-electron chi connectivity index (χ3n) is 7.24. The lowest BCUT2D eigenvalue weighted by atomic mass is 9.96. The Hall–Kier alpha value is -4.02. The van der Waals surface area contributed by atoms with Crippen molar-refractivity contribution >= 4 is 22.8 Å². The fourth-order valence-corrected chi connectivity index (χ4v) is 5.58. The number of anilines is 1. The van der Waals surface area contributed by atoms with E-state index < -0.39 is 11.9 Å². The Balaban J connectivity index is 1.28. The van der Waals surface area contributed by atoms with E-state index in [0.717, 1.165) is 25.7 Å². The van der Waals surface area contributed by atoms with Gasteiger partial charge < -0.3 is 14.9 Å². The predicted octanol–water partition coefficient (Wildman–Crippen LogP) is 3.66. The van der Waals surface area contributed by atoms with E-state index in [9.17, 15) is 9.90 Å². The molecule has 2 bridgehead atoms. The van der Waals surface area contributed by atoms with Gasteiger partial charge in [0.25, 0.3) is 0 Å². The number of aromatic nitrogens is 6. The monoisotopic (exact) mass is 462 g/mol. The van der Waals surface area contributed by atoms with Gasteiger partial charge in [-0.1, -0.05) is 0 Å². The first-order chi connectivity index (χ1) is 16.5. The number of carboxylic acid groups (broad SMARTS) is 1. The van der Waals surface area contributed by atoms with Crippen LogP contribution < -0.4 is 4.90 Å². The van der Waals surface area contributed by atoms with Crippen molar-refractivity contribution in [3.05, 3.63) is 42.6 Å². The summed E-state index contributed by atoms with van der Waals surface area (Å²) < 4.78 is 15.1. The van der Waals surface area contributed by atoms with Crippen molar-refractivity contribution in [2.75, 3.05) is 11.9 Å². The van der Waals surface area contributed by atoms with E-state index in [0.29, 0.717) is 39.1 Å². The van der Waals surface area contributed by atoms with E-state index in [-0.39, 0.29) is 18.1 Å². The molecule has 3 atom stereocenters. The molecule has 2 aliphatic heterocycles. The molecule has 6 rings (SSSR count). The van der Waals surface area contributed by atoms with Crippen LogP contribution in [0.5, 0.6) is 0 Å². The quantitative estimate of drug-likeness (QED) is 0.422. The third kappa shape index (κ3) is 3.18. The first kappa shape index (κ1) is 20.6. The first-order valence-electron chi connectivity index (χ1n) is 11.2.